The summed E-state index contributed by atoms with van der Waals surface area (Å²) in [5.41, 5.74) is 7.41. The minimum absolute atomic E-state index is 0.251. The van der Waals surface area contributed by atoms with Crippen molar-refractivity contribution in [2.75, 3.05) is 0 Å². The summed E-state index contributed by atoms with van der Waals surface area (Å²) in [6, 6.07) is 4.42. The van der Waals surface area contributed by atoms with Crippen molar-refractivity contribution < 1.29 is 9.50 Å². The molecule has 100 valence electrons. The molecule has 1 fully saturated rings. The van der Waals surface area contributed by atoms with E-state index in [-0.39, 0.29) is 11.7 Å². The van der Waals surface area contributed by atoms with Gasteiger partial charge in [0.25, 0.3) is 0 Å². The molecule has 3 N–H and O–H groups in total. The first kappa shape index (κ1) is 13.5. The summed E-state index contributed by atoms with van der Waals surface area (Å²) in [5.74, 6) is 0.00946. The second-order valence-electron chi connectivity index (χ2n) is 5.37. The highest BCUT2D eigenvalue weighted by atomic mass is 19.1. The maximum Gasteiger partial charge on any atom is 0.126 e. The topological polar surface area (TPSA) is 46.2 Å². The molecular weight excluding hydrogens is 229 g/mol. The first-order chi connectivity index (χ1) is 8.61. The van der Waals surface area contributed by atoms with Crippen molar-refractivity contribution in [2.24, 2.45) is 11.7 Å². The summed E-state index contributed by atoms with van der Waals surface area (Å²) in [5, 5.41) is 10.4. The third-order valence-electron chi connectivity index (χ3n) is 4.17. The van der Waals surface area contributed by atoms with Crippen LogP contribution in [-0.2, 0) is 0 Å². The zero-order valence-corrected chi connectivity index (χ0v) is 10.9. The van der Waals surface area contributed by atoms with E-state index in [1.807, 2.05) is 6.07 Å². The van der Waals surface area contributed by atoms with Gasteiger partial charge < -0.3 is 10.8 Å². The second kappa shape index (κ2) is 5.81. The molecule has 2 atom stereocenters. The van der Waals surface area contributed by atoms with E-state index in [9.17, 15) is 9.50 Å². The lowest BCUT2D eigenvalue weighted by atomic mass is 9.80. The van der Waals surface area contributed by atoms with Crippen molar-refractivity contribution in [2.45, 2.75) is 51.2 Å². The Hall–Kier alpha value is -0.930. The van der Waals surface area contributed by atoms with Crippen molar-refractivity contribution in [1.82, 2.24) is 0 Å². The Morgan fingerprint density at radius 2 is 1.94 bits per heavy atom. The molecule has 0 bridgehead atoms. The molecule has 0 spiro atoms. The Balaban J connectivity index is 2.14. The number of aliphatic hydroxyl groups excluding tert-OH is 1. The fourth-order valence-electron chi connectivity index (χ4n) is 2.94. The summed E-state index contributed by atoms with van der Waals surface area (Å²) in [4.78, 5) is 0. The zero-order chi connectivity index (χ0) is 13.1. The predicted octanol–water partition coefficient (Wildman–Crippen LogP) is 3.08. The normalized spacial score (nSPS) is 20.7. The molecule has 0 amide bonds. The average Bonchev–Trinajstić information content (AvgIpc) is 2.41. The molecule has 1 aliphatic carbocycles. The molecule has 0 aromatic heterocycles. The van der Waals surface area contributed by atoms with Crippen LogP contribution < -0.4 is 5.73 Å². The summed E-state index contributed by atoms with van der Waals surface area (Å²) < 4.78 is 13.5. The monoisotopic (exact) mass is 251 g/mol. The van der Waals surface area contributed by atoms with E-state index in [1.165, 1.54) is 12.5 Å². The van der Waals surface area contributed by atoms with E-state index in [0.29, 0.717) is 5.56 Å². The Morgan fingerprint density at radius 1 is 1.28 bits per heavy atom. The maximum absolute atomic E-state index is 13.5. The standard InChI is InChI=1S/C15H22FNO/c1-10-12(8-5-9-13(10)16)14(17)15(18)11-6-3-2-4-7-11/h5,8-9,11,14-15,18H,2-4,6-7,17H2,1H3/t14-,15+/m0/s1. The van der Waals surface area contributed by atoms with Gasteiger partial charge in [-0.1, -0.05) is 31.4 Å². The van der Waals surface area contributed by atoms with Gasteiger partial charge in [-0.3, -0.25) is 0 Å². The van der Waals surface area contributed by atoms with Gasteiger partial charge in [0.15, 0.2) is 0 Å². The van der Waals surface area contributed by atoms with Gasteiger partial charge in [-0.25, -0.2) is 4.39 Å². The molecule has 1 aromatic carbocycles. The molecule has 2 rings (SSSR count). The van der Waals surface area contributed by atoms with Crippen LogP contribution in [0.15, 0.2) is 18.2 Å². The van der Waals surface area contributed by atoms with E-state index >= 15 is 0 Å². The molecule has 1 aliphatic rings. The van der Waals surface area contributed by atoms with Gasteiger partial charge in [0, 0.05) is 0 Å². The van der Waals surface area contributed by atoms with Crippen LogP contribution in [0.25, 0.3) is 0 Å². The smallest absolute Gasteiger partial charge is 0.126 e. The quantitative estimate of drug-likeness (QED) is 0.867. The van der Waals surface area contributed by atoms with Gasteiger partial charge in [-0.2, -0.15) is 0 Å². The van der Waals surface area contributed by atoms with Crippen LogP contribution in [-0.4, -0.2) is 11.2 Å². The number of benzene rings is 1. The number of aliphatic hydroxyl groups is 1. The lowest BCUT2D eigenvalue weighted by Crippen LogP contribution is -2.34. The van der Waals surface area contributed by atoms with Crippen LogP contribution in [0.4, 0.5) is 4.39 Å². The van der Waals surface area contributed by atoms with E-state index in [2.05, 4.69) is 0 Å². The summed E-state index contributed by atoms with van der Waals surface area (Å²) in [6.07, 6.45) is 5.07. The molecule has 0 saturated heterocycles. The van der Waals surface area contributed by atoms with Crippen LogP contribution in [0.3, 0.4) is 0 Å². The van der Waals surface area contributed by atoms with Crippen molar-refractivity contribution in [3.63, 3.8) is 0 Å². The Bertz CT molecular complexity index is 401. The van der Waals surface area contributed by atoms with Crippen LogP contribution in [0, 0.1) is 18.7 Å². The largest absolute Gasteiger partial charge is 0.391 e. The molecule has 0 unspecified atom stereocenters. The molecular formula is C15H22FNO. The Kier molecular flexibility index (Phi) is 4.36. The number of nitrogens with two attached hydrogens (primary N) is 1. The minimum Gasteiger partial charge on any atom is -0.391 e. The van der Waals surface area contributed by atoms with Crippen LogP contribution >= 0.6 is 0 Å². The third kappa shape index (κ3) is 2.73. The highest BCUT2D eigenvalue weighted by molar-refractivity contribution is 5.30. The highest BCUT2D eigenvalue weighted by Crippen LogP contribution is 2.32. The fraction of sp³-hybridized carbons (Fsp3) is 0.600. The summed E-state index contributed by atoms with van der Waals surface area (Å²) in [7, 11) is 0. The highest BCUT2D eigenvalue weighted by Gasteiger charge is 2.28. The lowest BCUT2D eigenvalue weighted by Gasteiger charge is -2.31. The maximum atomic E-state index is 13.5. The van der Waals surface area contributed by atoms with Crippen LogP contribution in [0.2, 0.25) is 0 Å². The number of rotatable bonds is 3. The molecule has 3 heteroatoms. The van der Waals surface area contributed by atoms with Gasteiger partial charge in [-0.05, 0) is 42.9 Å². The average molecular weight is 251 g/mol. The first-order valence-corrected chi connectivity index (χ1v) is 6.80. The molecule has 0 aliphatic heterocycles. The third-order valence-corrected chi connectivity index (χ3v) is 4.17. The minimum atomic E-state index is -0.564. The molecule has 1 aromatic rings. The van der Waals surface area contributed by atoms with Crippen LogP contribution in [0.5, 0.6) is 0 Å². The van der Waals surface area contributed by atoms with Gasteiger partial charge >= 0.3 is 0 Å². The molecule has 1 saturated carbocycles. The predicted molar refractivity (Wildman–Crippen MR) is 70.6 cm³/mol. The summed E-state index contributed by atoms with van der Waals surface area (Å²) >= 11 is 0. The lowest BCUT2D eigenvalue weighted by molar-refractivity contribution is 0.0615. The van der Waals surface area contributed by atoms with Gasteiger partial charge in [-0.15, -0.1) is 0 Å². The SMILES string of the molecule is Cc1c(F)cccc1[C@H](N)[C@H](O)C1CCCCC1. The van der Waals surface area contributed by atoms with Crippen LogP contribution in [0.1, 0.15) is 49.3 Å². The van der Waals surface area contributed by atoms with Gasteiger partial charge in [0.05, 0.1) is 12.1 Å². The number of halogens is 1. The summed E-state index contributed by atoms with van der Waals surface area (Å²) in [6.45, 7) is 1.72. The van der Waals surface area contributed by atoms with Crippen molar-refractivity contribution in [3.05, 3.63) is 35.1 Å². The van der Waals surface area contributed by atoms with Crippen molar-refractivity contribution in [1.29, 1.82) is 0 Å². The van der Waals surface area contributed by atoms with E-state index in [0.717, 1.165) is 31.2 Å². The fourth-order valence-corrected chi connectivity index (χ4v) is 2.94. The van der Waals surface area contributed by atoms with Gasteiger partial charge in [0.1, 0.15) is 5.82 Å². The number of hydrogen-bond donors (Lipinski definition) is 2. The molecule has 18 heavy (non-hydrogen) atoms. The molecule has 0 heterocycles. The van der Waals surface area contributed by atoms with Crippen molar-refractivity contribution >= 4 is 0 Å². The van der Waals surface area contributed by atoms with Gasteiger partial charge in [0.2, 0.25) is 0 Å². The van der Waals surface area contributed by atoms with Crippen molar-refractivity contribution in [3.8, 4) is 0 Å². The second-order valence-corrected chi connectivity index (χ2v) is 5.37. The first-order valence-electron chi connectivity index (χ1n) is 6.80. The zero-order valence-electron chi connectivity index (χ0n) is 10.9. The Morgan fingerprint density at radius 3 is 2.61 bits per heavy atom. The molecule has 2 nitrogen and oxygen atoms in total. The molecule has 0 radical (unpaired) electrons. The van der Waals surface area contributed by atoms with E-state index in [4.69, 9.17) is 5.73 Å². The van der Waals surface area contributed by atoms with E-state index in [1.54, 1.807) is 13.0 Å². The van der Waals surface area contributed by atoms with E-state index < -0.39 is 12.1 Å². The number of hydrogen-bond acceptors (Lipinski definition) is 2. The Labute approximate surface area is 108 Å².